The van der Waals surface area contributed by atoms with E-state index in [1.165, 1.54) is 12.1 Å². The fraction of sp³-hybridized carbons (Fsp3) is 0.167. The van der Waals surface area contributed by atoms with E-state index in [-0.39, 0.29) is 17.2 Å². The second kappa shape index (κ2) is 11.6. The predicted molar refractivity (Wildman–Crippen MR) is 191 cm³/mol. The van der Waals surface area contributed by atoms with Crippen molar-refractivity contribution in [1.29, 1.82) is 0 Å². The number of imide groups is 1. The fourth-order valence-electron chi connectivity index (χ4n) is 8.83. The van der Waals surface area contributed by atoms with Gasteiger partial charge in [0, 0.05) is 11.6 Å². The van der Waals surface area contributed by atoms with Crippen molar-refractivity contribution in [2.75, 3.05) is 19.1 Å². The van der Waals surface area contributed by atoms with Gasteiger partial charge in [-0.2, -0.15) is 0 Å². The van der Waals surface area contributed by atoms with Gasteiger partial charge in [0.25, 0.3) is 5.69 Å². The van der Waals surface area contributed by atoms with E-state index < -0.39 is 39.4 Å². The van der Waals surface area contributed by atoms with Crippen molar-refractivity contribution in [1.82, 2.24) is 0 Å². The normalized spacial score (nSPS) is 23.5. The van der Waals surface area contributed by atoms with Crippen LogP contribution in [0.3, 0.4) is 0 Å². The fourth-order valence-corrected chi connectivity index (χ4v) is 8.83. The number of carbonyl (C=O) groups is 3. The number of ketones is 1. The van der Waals surface area contributed by atoms with Crippen LogP contribution in [0, 0.1) is 28.9 Å². The van der Waals surface area contributed by atoms with Gasteiger partial charge in [0.2, 0.25) is 11.8 Å². The van der Waals surface area contributed by atoms with Crippen molar-refractivity contribution in [2.24, 2.45) is 11.8 Å². The number of Topliss-reactive ketones (excluding diaryl/α,β-unsaturated/α-hetero) is 1. The highest BCUT2D eigenvalue weighted by atomic mass is 16.6. The Morgan fingerprint density at radius 2 is 1.06 bits per heavy atom. The summed E-state index contributed by atoms with van der Waals surface area (Å²) in [7, 11) is 3.15. The van der Waals surface area contributed by atoms with Crippen LogP contribution >= 0.6 is 0 Å². The van der Waals surface area contributed by atoms with Crippen LogP contribution in [0.2, 0.25) is 0 Å². The van der Waals surface area contributed by atoms with Gasteiger partial charge in [-0.25, -0.2) is 4.90 Å². The molecular formula is C42H32N2O7. The van der Waals surface area contributed by atoms with Crippen molar-refractivity contribution in [3.63, 3.8) is 0 Å². The first kappa shape index (κ1) is 31.9. The number of fused-ring (bicyclic) bond motifs is 5. The molecule has 252 valence electrons. The molecule has 0 N–H and O–H groups in total. The van der Waals surface area contributed by atoms with E-state index >= 15 is 14.4 Å². The molecule has 1 heterocycles. The Bertz CT molecular complexity index is 2160. The second-order valence-electron chi connectivity index (χ2n) is 13.1. The minimum atomic E-state index is -1.62. The van der Waals surface area contributed by atoms with Crippen LogP contribution in [-0.2, 0) is 25.2 Å². The smallest absolute Gasteiger partial charge is 0.274 e. The summed E-state index contributed by atoms with van der Waals surface area (Å²) < 4.78 is 11.0. The number of anilines is 1. The molecule has 9 nitrogen and oxygen atoms in total. The first-order valence-corrected chi connectivity index (χ1v) is 16.5. The van der Waals surface area contributed by atoms with Crippen LogP contribution < -0.4 is 14.4 Å². The third kappa shape index (κ3) is 4.18. The molecule has 0 aromatic heterocycles. The maximum Gasteiger partial charge on any atom is 0.274 e. The number of benzene rings is 5. The highest BCUT2D eigenvalue weighted by molar-refractivity contribution is 6.39. The minimum Gasteiger partial charge on any atom is -0.497 e. The number of allylic oxidation sites excluding steroid dienone is 2. The molecule has 2 bridgehead atoms. The largest absolute Gasteiger partial charge is 0.497 e. The lowest BCUT2D eigenvalue weighted by molar-refractivity contribution is -0.385. The number of carbonyl (C=O) groups excluding carboxylic acids is 3. The van der Waals surface area contributed by atoms with Gasteiger partial charge in [0.1, 0.15) is 11.5 Å². The van der Waals surface area contributed by atoms with Crippen LogP contribution in [0.25, 0.3) is 11.1 Å². The molecular weight excluding hydrogens is 644 g/mol. The number of ether oxygens (including phenoxy) is 2. The highest BCUT2D eigenvalue weighted by Gasteiger charge is 2.82. The summed E-state index contributed by atoms with van der Waals surface area (Å²) in [5.41, 5.74) is 0.814. The summed E-state index contributed by atoms with van der Waals surface area (Å²) >= 11 is 0. The van der Waals surface area contributed by atoms with E-state index in [9.17, 15) is 10.1 Å². The van der Waals surface area contributed by atoms with E-state index in [1.807, 2.05) is 109 Å². The summed E-state index contributed by atoms with van der Waals surface area (Å²) in [6.45, 7) is 1.60. The van der Waals surface area contributed by atoms with Gasteiger partial charge in [-0.15, -0.1) is 0 Å². The number of rotatable bonds is 8. The number of aryl methyl sites for hydroxylation is 1. The van der Waals surface area contributed by atoms with E-state index in [0.717, 1.165) is 4.90 Å². The van der Waals surface area contributed by atoms with Crippen molar-refractivity contribution in [3.05, 3.63) is 165 Å². The number of hydrogen-bond donors (Lipinski definition) is 0. The van der Waals surface area contributed by atoms with Crippen LogP contribution in [-0.4, -0.2) is 36.7 Å². The van der Waals surface area contributed by atoms with Crippen LogP contribution in [0.5, 0.6) is 11.5 Å². The molecule has 3 aliphatic rings. The molecule has 0 unspecified atom stereocenters. The summed E-state index contributed by atoms with van der Waals surface area (Å²) in [5, 5.41) is 12.0. The molecule has 2 aliphatic carbocycles. The zero-order chi connectivity index (χ0) is 35.7. The maximum atomic E-state index is 16.1. The molecule has 8 rings (SSSR count). The van der Waals surface area contributed by atoms with E-state index in [4.69, 9.17) is 9.47 Å². The lowest BCUT2D eigenvalue weighted by Crippen LogP contribution is -2.45. The summed E-state index contributed by atoms with van der Waals surface area (Å²) in [6.07, 6.45) is 0. The summed E-state index contributed by atoms with van der Waals surface area (Å²) in [4.78, 5) is 59.0. The Morgan fingerprint density at radius 3 is 1.45 bits per heavy atom. The number of amides is 2. The Hall–Kier alpha value is -6.35. The molecule has 2 fully saturated rings. The molecule has 9 heteroatoms. The lowest BCUT2D eigenvalue weighted by atomic mass is 9.59. The quantitative estimate of drug-likeness (QED) is 0.0977. The van der Waals surface area contributed by atoms with Gasteiger partial charge < -0.3 is 9.47 Å². The van der Waals surface area contributed by atoms with Gasteiger partial charge in [-0.3, -0.25) is 24.5 Å². The van der Waals surface area contributed by atoms with E-state index in [1.54, 1.807) is 27.2 Å². The molecule has 1 saturated heterocycles. The topological polar surface area (TPSA) is 116 Å². The van der Waals surface area contributed by atoms with Gasteiger partial charge >= 0.3 is 0 Å². The third-order valence-electron chi connectivity index (χ3n) is 10.9. The van der Waals surface area contributed by atoms with Gasteiger partial charge in [-0.05, 0) is 70.7 Å². The summed E-state index contributed by atoms with van der Waals surface area (Å²) in [5.74, 6) is -2.54. The van der Waals surface area contributed by atoms with E-state index in [0.29, 0.717) is 50.5 Å². The summed E-state index contributed by atoms with van der Waals surface area (Å²) in [6, 6.07) is 37.5. The molecule has 4 atom stereocenters. The van der Waals surface area contributed by atoms with Crippen molar-refractivity contribution >= 4 is 40.1 Å². The molecule has 5 aromatic rings. The first-order chi connectivity index (χ1) is 24.7. The number of nitro groups is 1. The number of nitrogens with zero attached hydrogens (tertiary/aromatic N) is 2. The van der Waals surface area contributed by atoms with Crippen molar-refractivity contribution in [3.8, 4) is 11.5 Å². The zero-order valence-electron chi connectivity index (χ0n) is 28.0. The molecule has 0 radical (unpaired) electrons. The molecule has 1 aliphatic heterocycles. The zero-order valence-corrected chi connectivity index (χ0v) is 28.0. The van der Waals surface area contributed by atoms with Crippen LogP contribution in [0.15, 0.2) is 127 Å². The predicted octanol–water partition coefficient (Wildman–Crippen LogP) is 7.11. The Labute approximate surface area is 293 Å². The second-order valence-corrected chi connectivity index (χ2v) is 13.1. The SMILES string of the molecule is COc1ccc(C2=C(c3ccc(OC)cc3)[C@@]3(c4ccccc4)C(=O)[C@@]2(c2ccccc2)[C@@H]2C(=O)N(c4ccc(C)c([N+](=O)[O-])c4)C(=O)[C@H]23)cc1. The molecule has 5 aromatic carbocycles. The number of methoxy groups -OCH3 is 2. The third-order valence-corrected chi connectivity index (χ3v) is 10.9. The molecule has 0 spiro atoms. The molecule has 2 amide bonds. The average Bonchev–Trinajstić information content (AvgIpc) is 3.68. The maximum absolute atomic E-state index is 16.1. The monoisotopic (exact) mass is 676 g/mol. The van der Waals surface area contributed by atoms with Gasteiger partial charge in [-0.1, -0.05) is 91.0 Å². The first-order valence-electron chi connectivity index (χ1n) is 16.5. The van der Waals surface area contributed by atoms with Crippen LogP contribution in [0.1, 0.15) is 27.8 Å². The lowest BCUT2D eigenvalue weighted by Gasteiger charge is -2.39. The number of nitro benzene ring substituents is 1. The standard InChI is InChI=1S/C42H32N2O7/c1-25-14-19-30(24-33(25)44(48)49)43-38(45)36-37(39(43)46)42(29-12-8-5-9-13-29)35(27-17-22-32(51-3)23-18-27)34(26-15-20-31(50-2)21-16-26)41(36,40(42)47)28-10-6-4-7-11-28/h4-24,36-37H,1-3H3/t36-,37-,41+,42+/m0/s1. The molecule has 1 saturated carbocycles. The van der Waals surface area contributed by atoms with Gasteiger partial charge in [0.15, 0.2) is 5.78 Å². The van der Waals surface area contributed by atoms with Crippen molar-refractivity contribution in [2.45, 2.75) is 17.8 Å². The Balaban J connectivity index is 1.52. The number of hydrogen-bond acceptors (Lipinski definition) is 7. The van der Waals surface area contributed by atoms with Crippen molar-refractivity contribution < 1.29 is 28.8 Å². The Morgan fingerprint density at radius 1 is 0.627 bits per heavy atom. The average molecular weight is 677 g/mol. The van der Waals surface area contributed by atoms with E-state index in [2.05, 4.69) is 0 Å². The van der Waals surface area contributed by atoms with Crippen LogP contribution in [0.4, 0.5) is 11.4 Å². The molecule has 51 heavy (non-hydrogen) atoms. The highest BCUT2D eigenvalue weighted by Crippen LogP contribution is 2.74. The Kier molecular flexibility index (Phi) is 7.27. The van der Waals surface area contributed by atoms with Gasteiger partial charge in [0.05, 0.1) is 47.5 Å². The minimum absolute atomic E-state index is 0.0898.